The average molecular weight is 247 g/mol. The molecular formula is C16H13N3. The van der Waals surface area contributed by atoms with Crippen molar-refractivity contribution in [2.75, 3.05) is 5.43 Å². The summed E-state index contributed by atoms with van der Waals surface area (Å²) in [7, 11) is 0. The van der Waals surface area contributed by atoms with Gasteiger partial charge in [0.1, 0.15) is 0 Å². The maximum atomic E-state index is 4.23. The predicted octanol–water partition coefficient (Wildman–Crippen LogP) is 4.90. The highest BCUT2D eigenvalue weighted by Crippen LogP contribution is 2.33. The van der Waals surface area contributed by atoms with E-state index in [0.29, 0.717) is 0 Å². The summed E-state index contributed by atoms with van der Waals surface area (Å²) in [6, 6.07) is 23.9. The van der Waals surface area contributed by atoms with Gasteiger partial charge in [-0.3, -0.25) is 5.43 Å². The van der Waals surface area contributed by atoms with Crippen molar-refractivity contribution in [1.29, 1.82) is 0 Å². The molecule has 1 aromatic carbocycles. The minimum atomic E-state index is 0.870. The lowest BCUT2D eigenvalue weighted by Gasteiger charge is -1.97. The van der Waals surface area contributed by atoms with E-state index < -0.39 is 0 Å². The molecule has 0 saturated carbocycles. The summed E-state index contributed by atoms with van der Waals surface area (Å²) in [5, 5.41) is 8.26. The van der Waals surface area contributed by atoms with Crippen LogP contribution in [0.25, 0.3) is 11.1 Å². The molecule has 0 spiro atoms. The van der Waals surface area contributed by atoms with E-state index in [-0.39, 0.29) is 0 Å². The topological polar surface area (TPSA) is 36.8 Å². The van der Waals surface area contributed by atoms with Crippen molar-refractivity contribution in [3.8, 4) is 11.1 Å². The smallest absolute Gasteiger partial charge is 0.0952 e. The van der Waals surface area contributed by atoms with Gasteiger partial charge in [0.2, 0.25) is 0 Å². The first-order valence-electron chi connectivity index (χ1n) is 6.13. The summed E-state index contributed by atoms with van der Waals surface area (Å²) < 4.78 is 0. The molecule has 0 aliphatic heterocycles. The molecule has 1 N–H and O–H groups in total. The lowest BCUT2D eigenvalue weighted by molar-refractivity contribution is 1.14. The lowest BCUT2D eigenvalue weighted by atomic mass is 10.2. The van der Waals surface area contributed by atoms with Gasteiger partial charge in [-0.15, -0.1) is 5.11 Å². The Hall–Kier alpha value is -2.68. The molecule has 0 heterocycles. The summed E-state index contributed by atoms with van der Waals surface area (Å²) in [5.74, 6) is 0. The highest BCUT2D eigenvalue weighted by Gasteiger charge is 2.06. The van der Waals surface area contributed by atoms with Crippen LogP contribution in [0.15, 0.2) is 83.1 Å². The Kier molecular flexibility index (Phi) is 3.19. The molecule has 3 heteroatoms. The van der Waals surface area contributed by atoms with Crippen LogP contribution in [-0.2, 0) is 0 Å². The summed E-state index contributed by atoms with van der Waals surface area (Å²) in [5.41, 5.74) is 6.97. The van der Waals surface area contributed by atoms with Crippen molar-refractivity contribution < 1.29 is 0 Å². The van der Waals surface area contributed by atoms with Crippen LogP contribution in [0.5, 0.6) is 0 Å². The van der Waals surface area contributed by atoms with Crippen molar-refractivity contribution in [3.05, 3.63) is 72.8 Å². The predicted molar refractivity (Wildman–Crippen MR) is 77.6 cm³/mol. The van der Waals surface area contributed by atoms with E-state index in [1.165, 1.54) is 5.56 Å². The Morgan fingerprint density at radius 2 is 1.42 bits per heavy atom. The number of nitrogens with one attached hydrogen (secondary N) is 1. The fraction of sp³-hybridized carbons (Fsp3) is 0. The summed E-state index contributed by atoms with van der Waals surface area (Å²) in [6.45, 7) is 0. The molecule has 2 aliphatic carbocycles. The second kappa shape index (κ2) is 5.31. The summed E-state index contributed by atoms with van der Waals surface area (Å²) >= 11 is 0. The molecule has 92 valence electrons. The number of rotatable bonds is 3. The van der Waals surface area contributed by atoms with Crippen molar-refractivity contribution >= 4 is 11.4 Å². The van der Waals surface area contributed by atoms with E-state index in [1.54, 1.807) is 0 Å². The summed E-state index contributed by atoms with van der Waals surface area (Å²) in [6.07, 6.45) is 0. The van der Waals surface area contributed by atoms with Gasteiger partial charge in [0.25, 0.3) is 0 Å². The molecule has 0 fully saturated rings. The second-order valence-electron chi connectivity index (χ2n) is 4.18. The van der Waals surface area contributed by atoms with E-state index in [0.717, 1.165) is 16.9 Å². The van der Waals surface area contributed by atoms with Crippen LogP contribution in [0.4, 0.5) is 11.4 Å². The number of para-hydroxylation sites is 1. The molecule has 19 heavy (non-hydrogen) atoms. The van der Waals surface area contributed by atoms with Crippen LogP contribution in [0.1, 0.15) is 0 Å². The van der Waals surface area contributed by atoms with Gasteiger partial charge in [-0.05, 0) is 23.8 Å². The van der Waals surface area contributed by atoms with Gasteiger partial charge in [0.05, 0.1) is 11.4 Å². The van der Waals surface area contributed by atoms with E-state index >= 15 is 0 Å². The van der Waals surface area contributed by atoms with E-state index in [4.69, 9.17) is 0 Å². The second-order valence-corrected chi connectivity index (χ2v) is 4.18. The molecule has 0 atom stereocenters. The number of hydrogen-bond donors (Lipinski definition) is 1. The first-order chi connectivity index (χ1) is 9.43. The Bertz CT molecular complexity index is 662. The number of fused-ring (bicyclic) bond motifs is 1. The van der Waals surface area contributed by atoms with E-state index in [2.05, 4.69) is 21.8 Å². The molecule has 0 radical (unpaired) electrons. The maximum Gasteiger partial charge on any atom is 0.0952 e. The molecular weight excluding hydrogens is 234 g/mol. The van der Waals surface area contributed by atoms with Crippen LogP contribution in [0.3, 0.4) is 0 Å². The van der Waals surface area contributed by atoms with Gasteiger partial charge in [-0.2, -0.15) is 0 Å². The van der Waals surface area contributed by atoms with Crippen LogP contribution in [0, 0.1) is 0 Å². The van der Waals surface area contributed by atoms with Gasteiger partial charge < -0.3 is 0 Å². The number of benzene rings is 1. The SMILES string of the molecule is c1ccc(NN=Nc2ccc3cccccc2-3)cc1. The zero-order valence-electron chi connectivity index (χ0n) is 10.3. The molecule has 0 amide bonds. The Labute approximate surface area is 111 Å². The number of anilines is 1. The van der Waals surface area contributed by atoms with Gasteiger partial charge in [0, 0.05) is 5.56 Å². The zero-order valence-corrected chi connectivity index (χ0v) is 10.3. The van der Waals surface area contributed by atoms with Gasteiger partial charge >= 0.3 is 0 Å². The molecule has 1 aromatic rings. The normalized spacial score (nSPS) is 10.9. The zero-order chi connectivity index (χ0) is 12.9. The van der Waals surface area contributed by atoms with Gasteiger partial charge in [-0.1, -0.05) is 59.8 Å². The van der Waals surface area contributed by atoms with Crippen molar-refractivity contribution in [3.63, 3.8) is 0 Å². The molecule has 0 aromatic heterocycles. The van der Waals surface area contributed by atoms with Crippen LogP contribution in [0.2, 0.25) is 0 Å². The molecule has 0 unspecified atom stereocenters. The monoisotopic (exact) mass is 247 g/mol. The maximum absolute atomic E-state index is 4.23. The standard InChI is InChI=1S/C16H13N3/c1-3-7-13-11-12-16(15(13)10-6-1)18-19-17-14-8-4-2-5-9-14/h1-12H,(H,17,18). The molecule has 0 bridgehead atoms. The van der Waals surface area contributed by atoms with Crippen LogP contribution < -0.4 is 5.43 Å². The van der Waals surface area contributed by atoms with E-state index in [1.807, 2.05) is 66.7 Å². The Morgan fingerprint density at radius 3 is 2.26 bits per heavy atom. The van der Waals surface area contributed by atoms with Gasteiger partial charge in [-0.25, -0.2) is 0 Å². The molecule has 3 nitrogen and oxygen atoms in total. The molecule has 3 rings (SSSR count). The minimum absolute atomic E-state index is 0.870. The fourth-order valence-electron chi connectivity index (χ4n) is 1.93. The molecule has 0 saturated heterocycles. The van der Waals surface area contributed by atoms with Gasteiger partial charge in [0.15, 0.2) is 0 Å². The Balaban J connectivity index is 1.80. The third kappa shape index (κ3) is 2.60. The quantitative estimate of drug-likeness (QED) is 0.518. The van der Waals surface area contributed by atoms with Crippen molar-refractivity contribution in [2.24, 2.45) is 10.3 Å². The fourth-order valence-corrected chi connectivity index (χ4v) is 1.93. The van der Waals surface area contributed by atoms with Crippen molar-refractivity contribution in [1.82, 2.24) is 0 Å². The largest absolute Gasteiger partial charge is 0.260 e. The molecule has 2 aliphatic rings. The van der Waals surface area contributed by atoms with Crippen LogP contribution in [-0.4, -0.2) is 0 Å². The highest BCUT2D eigenvalue weighted by molar-refractivity contribution is 5.78. The number of hydrogen-bond acceptors (Lipinski definition) is 2. The third-order valence-electron chi connectivity index (χ3n) is 2.88. The average Bonchev–Trinajstić information content (AvgIpc) is 2.69. The van der Waals surface area contributed by atoms with Crippen molar-refractivity contribution in [2.45, 2.75) is 0 Å². The number of nitrogens with zero attached hydrogens (tertiary/aromatic N) is 2. The van der Waals surface area contributed by atoms with E-state index in [9.17, 15) is 0 Å². The first kappa shape index (κ1) is 11.4. The third-order valence-corrected chi connectivity index (χ3v) is 2.88. The lowest BCUT2D eigenvalue weighted by Crippen LogP contribution is -1.84. The first-order valence-corrected chi connectivity index (χ1v) is 6.13. The summed E-state index contributed by atoms with van der Waals surface area (Å²) in [4.78, 5) is 0. The minimum Gasteiger partial charge on any atom is -0.260 e. The Morgan fingerprint density at radius 1 is 0.684 bits per heavy atom. The van der Waals surface area contributed by atoms with Crippen LogP contribution >= 0.6 is 0 Å². The highest BCUT2D eigenvalue weighted by atomic mass is 15.4.